The van der Waals surface area contributed by atoms with Crippen LogP contribution in [-0.2, 0) is 38.0 Å². The molecule has 1 N–H and O–H groups in total. The van der Waals surface area contributed by atoms with Crippen LogP contribution in [0.2, 0.25) is 0 Å². The highest BCUT2D eigenvalue weighted by molar-refractivity contribution is 5.72. The van der Waals surface area contributed by atoms with Crippen molar-refractivity contribution in [1.29, 1.82) is 0 Å². The monoisotopic (exact) mass is 491 g/mol. The maximum Gasteiger partial charge on any atom is 0.308 e. The Morgan fingerprint density at radius 1 is 0.735 bits per heavy atom. The summed E-state index contributed by atoms with van der Waals surface area (Å²) in [4.78, 5) is 12.0. The third-order valence-corrected chi connectivity index (χ3v) is 5.56. The van der Waals surface area contributed by atoms with E-state index in [1.54, 1.807) is 0 Å². The summed E-state index contributed by atoms with van der Waals surface area (Å²) in [6.07, 6.45) is 6.42. The van der Waals surface area contributed by atoms with Gasteiger partial charge in [-0.3, -0.25) is 4.79 Å². The topological polar surface area (TPSA) is 93.7 Å². The van der Waals surface area contributed by atoms with Gasteiger partial charge in [0.1, 0.15) is 6.61 Å². The average molecular weight is 492 g/mol. The molecule has 0 aromatic heterocycles. The first-order valence-corrected chi connectivity index (χ1v) is 13.2. The summed E-state index contributed by atoms with van der Waals surface area (Å²) in [5.41, 5.74) is 0. The molecule has 1 saturated heterocycles. The van der Waals surface area contributed by atoms with E-state index in [-0.39, 0.29) is 11.9 Å². The molecule has 1 heterocycles. The second kappa shape index (κ2) is 23.9. The molecule has 9 nitrogen and oxygen atoms in total. The molecule has 1 unspecified atom stereocenters. The van der Waals surface area contributed by atoms with Gasteiger partial charge >= 0.3 is 5.97 Å². The highest BCUT2D eigenvalue weighted by atomic mass is 16.6. The minimum absolute atomic E-state index is 0.0103. The van der Waals surface area contributed by atoms with Crippen LogP contribution in [-0.4, -0.2) is 104 Å². The number of carbonyl (C=O) groups is 1. The zero-order valence-corrected chi connectivity index (χ0v) is 21.6. The molecular formula is C25H49NO8. The standard InChI is InChI=1S/C25H49NO8/c1-3-5-6-23(4-2)25(27)34-22-20-32-18-16-30-14-12-28-11-13-29-15-17-31-19-21-33-24-7-9-26-10-8-24/h23-24,26H,3-22H2,1-2H3. The minimum atomic E-state index is -0.109. The Morgan fingerprint density at radius 2 is 1.21 bits per heavy atom. The van der Waals surface area contributed by atoms with Crippen LogP contribution >= 0.6 is 0 Å². The number of hydrogen-bond donors (Lipinski definition) is 1. The lowest BCUT2D eigenvalue weighted by Gasteiger charge is -2.22. The molecule has 1 rings (SSSR count). The van der Waals surface area contributed by atoms with Gasteiger partial charge in [-0.1, -0.05) is 26.7 Å². The summed E-state index contributed by atoms with van der Waals surface area (Å²) < 4.78 is 38.4. The molecule has 0 aromatic carbocycles. The van der Waals surface area contributed by atoms with Gasteiger partial charge in [-0.15, -0.1) is 0 Å². The number of unbranched alkanes of at least 4 members (excludes halogenated alkanes) is 1. The lowest BCUT2D eigenvalue weighted by molar-refractivity contribution is -0.150. The molecule has 0 radical (unpaired) electrons. The number of ether oxygens (including phenoxy) is 7. The fraction of sp³-hybridized carbons (Fsp3) is 0.960. The van der Waals surface area contributed by atoms with E-state index in [1.165, 1.54) is 0 Å². The minimum Gasteiger partial charge on any atom is -0.463 e. The summed E-state index contributed by atoms with van der Waals surface area (Å²) in [5.74, 6) is -0.0990. The smallest absolute Gasteiger partial charge is 0.308 e. The summed E-state index contributed by atoms with van der Waals surface area (Å²) in [6, 6.07) is 0. The van der Waals surface area contributed by atoms with Crippen molar-refractivity contribution in [1.82, 2.24) is 5.32 Å². The number of hydrogen-bond acceptors (Lipinski definition) is 9. The average Bonchev–Trinajstić information content (AvgIpc) is 2.86. The molecule has 0 saturated carbocycles. The maximum atomic E-state index is 12.0. The third kappa shape index (κ3) is 18.5. The van der Waals surface area contributed by atoms with Crippen molar-refractivity contribution >= 4 is 5.97 Å². The number of esters is 1. The van der Waals surface area contributed by atoms with Crippen LogP contribution in [0.15, 0.2) is 0 Å². The van der Waals surface area contributed by atoms with E-state index >= 15 is 0 Å². The predicted molar refractivity (Wildman–Crippen MR) is 130 cm³/mol. The van der Waals surface area contributed by atoms with Gasteiger partial charge in [-0.2, -0.15) is 0 Å². The van der Waals surface area contributed by atoms with Crippen molar-refractivity contribution in [2.75, 3.05) is 92.4 Å². The first kappa shape index (κ1) is 31.2. The van der Waals surface area contributed by atoms with Crippen LogP contribution in [0.1, 0.15) is 52.4 Å². The fourth-order valence-electron chi connectivity index (χ4n) is 3.48. The number of nitrogens with one attached hydrogen (secondary N) is 1. The molecule has 0 bridgehead atoms. The van der Waals surface area contributed by atoms with Crippen molar-refractivity contribution in [3.63, 3.8) is 0 Å². The molecule has 9 heteroatoms. The van der Waals surface area contributed by atoms with Crippen molar-refractivity contribution in [3.8, 4) is 0 Å². The van der Waals surface area contributed by atoms with Gasteiger partial charge in [0, 0.05) is 0 Å². The van der Waals surface area contributed by atoms with Gasteiger partial charge in [0.05, 0.1) is 84.7 Å². The van der Waals surface area contributed by atoms with E-state index in [2.05, 4.69) is 12.2 Å². The van der Waals surface area contributed by atoms with E-state index in [0.29, 0.717) is 85.4 Å². The Hall–Kier alpha value is -0.810. The largest absolute Gasteiger partial charge is 0.463 e. The van der Waals surface area contributed by atoms with E-state index in [9.17, 15) is 4.79 Å². The zero-order chi connectivity index (χ0) is 24.5. The lowest BCUT2D eigenvalue weighted by atomic mass is 10.00. The number of piperidine rings is 1. The molecule has 0 aromatic rings. The number of carbonyl (C=O) groups excluding carboxylic acids is 1. The summed E-state index contributed by atoms with van der Waals surface area (Å²) in [7, 11) is 0. The Labute approximate surface area is 206 Å². The van der Waals surface area contributed by atoms with Gasteiger partial charge in [-0.05, 0) is 38.8 Å². The summed E-state index contributed by atoms with van der Waals surface area (Å²) >= 11 is 0. The second-order valence-electron chi connectivity index (χ2n) is 8.30. The second-order valence-corrected chi connectivity index (χ2v) is 8.30. The molecule has 34 heavy (non-hydrogen) atoms. The molecule has 1 aliphatic rings. The van der Waals surface area contributed by atoms with Crippen molar-refractivity contribution in [3.05, 3.63) is 0 Å². The summed E-state index contributed by atoms with van der Waals surface area (Å²) in [5, 5.41) is 3.32. The molecule has 1 aliphatic heterocycles. The molecule has 0 amide bonds. The van der Waals surface area contributed by atoms with Crippen molar-refractivity contribution < 1.29 is 38.0 Å². The van der Waals surface area contributed by atoms with E-state index in [0.717, 1.165) is 51.6 Å². The van der Waals surface area contributed by atoms with Gasteiger partial charge in [0.2, 0.25) is 0 Å². The van der Waals surface area contributed by atoms with Crippen molar-refractivity contribution in [2.24, 2.45) is 5.92 Å². The first-order chi connectivity index (χ1) is 16.8. The van der Waals surface area contributed by atoms with Crippen LogP contribution in [0.25, 0.3) is 0 Å². The normalized spacial score (nSPS) is 15.5. The van der Waals surface area contributed by atoms with Gasteiger partial charge in [-0.25, -0.2) is 0 Å². The Balaban J connectivity index is 1.72. The van der Waals surface area contributed by atoms with E-state index in [4.69, 9.17) is 33.2 Å². The molecule has 0 aliphatic carbocycles. The van der Waals surface area contributed by atoms with Gasteiger partial charge in [0.15, 0.2) is 0 Å². The van der Waals surface area contributed by atoms with Crippen LogP contribution in [0.4, 0.5) is 0 Å². The first-order valence-electron chi connectivity index (χ1n) is 13.2. The van der Waals surface area contributed by atoms with Gasteiger partial charge in [0.25, 0.3) is 0 Å². The highest BCUT2D eigenvalue weighted by Crippen LogP contribution is 2.14. The van der Waals surface area contributed by atoms with E-state index in [1.807, 2.05) is 6.92 Å². The summed E-state index contributed by atoms with van der Waals surface area (Å²) in [6.45, 7) is 12.3. The lowest BCUT2D eigenvalue weighted by Crippen LogP contribution is -2.33. The third-order valence-electron chi connectivity index (χ3n) is 5.56. The van der Waals surface area contributed by atoms with Crippen LogP contribution < -0.4 is 5.32 Å². The molecule has 1 fully saturated rings. The quantitative estimate of drug-likeness (QED) is 0.161. The Kier molecular flexibility index (Phi) is 22.0. The van der Waals surface area contributed by atoms with Gasteiger partial charge < -0.3 is 38.5 Å². The van der Waals surface area contributed by atoms with Crippen molar-refractivity contribution in [2.45, 2.75) is 58.5 Å². The van der Waals surface area contributed by atoms with E-state index < -0.39 is 0 Å². The zero-order valence-electron chi connectivity index (χ0n) is 21.6. The maximum absolute atomic E-state index is 12.0. The Bertz CT molecular complexity index is 449. The van der Waals surface area contributed by atoms with Crippen LogP contribution in [0.5, 0.6) is 0 Å². The molecule has 1 atom stereocenters. The molecule has 202 valence electrons. The highest BCUT2D eigenvalue weighted by Gasteiger charge is 2.17. The predicted octanol–water partition coefficient (Wildman–Crippen LogP) is 2.60. The number of rotatable bonds is 24. The SMILES string of the molecule is CCCCC(CC)C(=O)OCCOCCOCCOCCOCCOCCOC1CCNCC1. The molecular weight excluding hydrogens is 442 g/mol. The van der Waals surface area contributed by atoms with Crippen LogP contribution in [0.3, 0.4) is 0 Å². The Morgan fingerprint density at radius 3 is 1.68 bits per heavy atom. The van der Waals surface area contributed by atoms with Crippen LogP contribution in [0, 0.1) is 5.92 Å². The molecule has 0 spiro atoms. The fourth-order valence-corrected chi connectivity index (χ4v) is 3.48.